The third kappa shape index (κ3) is 5.83. The van der Waals surface area contributed by atoms with Gasteiger partial charge < -0.3 is 4.57 Å². The Morgan fingerprint density at radius 3 is 1.35 bits per heavy atom. The first-order valence-corrected chi connectivity index (χ1v) is 19.3. The number of nitrogens with zero attached hydrogens (tertiary/aromatic N) is 4. The van der Waals surface area contributed by atoms with E-state index in [1.165, 1.54) is 27.3 Å². The smallest absolute Gasteiger partial charge is 0.166 e. The summed E-state index contributed by atoms with van der Waals surface area (Å²) in [4.78, 5) is 15.9. The largest absolute Gasteiger partial charge is 0.308 e. The molecule has 0 saturated carbocycles. The molecule has 0 bridgehead atoms. The van der Waals surface area contributed by atoms with E-state index in [1.54, 1.807) is 0 Å². The molecule has 2 aromatic heterocycles. The zero-order chi connectivity index (χ0) is 37.7. The van der Waals surface area contributed by atoms with Gasteiger partial charge in [0.1, 0.15) is 0 Å². The van der Waals surface area contributed by atoms with Crippen LogP contribution >= 0.6 is 0 Å². The van der Waals surface area contributed by atoms with Gasteiger partial charge in [0.15, 0.2) is 17.5 Å². The van der Waals surface area contributed by atoms with Gasteiger partial charge in [-0.2, -0.15) is 0 Å². The fourth-order valence-corrected chi connectivity index (χ4v) is 8.18. The fraction of sp³-hybridized carbons (Fsp3) is 0. The standard InChI is InChI=1S/C53H34N4/c1-3-13-35(14-4-1)40-26-23-38-25-28-43(33-44(38)32-40)52-54-51(42-27-24-37-17-7-8-18-39(37)31-42)55-53(56-52)47-30-29-41(36-15-5-2-6-16-36)34-50(47)57-48-21-11-9-19-45(48)46-20-10-12-22-49(46)57/h1-34H. The Morgan fingerprint density at radius 1 is 0.281 bits per heavy atom. The van der Waals surface area contributed by atoms with Crippen LogP contribution in [0.4, 0.5) is 0 Å². The first-order valence-electron chi connectivity index (χ1n) is 19.3. The topological polar surface area (TPSA) is 43.6 Å². The van der Waals surface area contributed by atoms with Crippen molar-refractivity contribution < 1.29 is 0 Å². The highest BCUT2D eigenvalue weighted by Crippen LogP contribution is 2.39. The Hall–Kier alpha value is -7.69. The van der Waals surface area contributed by atoms with Gasteiger partial charge in [-0.25, -0.2) is 15.0 Å². The monoisotopic (exact) mass is 726 g/mol. The van der Waals surface area contributed by atoms with Crippen LogP contribution in [0.2, 0.25) is 0 Å². The van der Waals surface area contributed by atoms with Crippen molar-refractivity contribution in [3.63, 3.8) is 0 Å². The second-order valence-corrected chi connectivity index (χ2v) is 14.5. The maximum atomic E-state index is 5.35. The second-order valence-electron chi connectivity index (χ2n) is 14.5. The molecule has 0 aliphatic rings. The van der Waals surface area contributed by atoms with E-state index < -0.39 is 0 Å². The summed E-state index contributed by atoms with van der Waals surface area (Å²) in [5.41, 5.74) is 10.6. The van der Waals surface area contributed by atoms with Gasteiger partial charge in [-0.15, -0.1) is 0 Å². The summed E-state index contributed by atoms with van der Waals surface area (Å²) in [6, 6.07) is 72.9. The predicted molar refractivity (Wildman–Crippen MR) is 236 cm³/mol. The predicted octanol–water partition coefficient (Wildman–Crippen LogP) is 13.6. The van der Waals surface area contributed by atoms with E-state index in [0.29, 0.717) is 17.5 Å². The van der Waals surface area contributed by atoms with Crippen molar-refractivity contribution in [3.8, 4) is 62.1 Å². The number of para-hydroxylation sites is 2. The maximum Gasteiger partial charge on any atom is 0.166 e. The molecule has 11 rings (SSSR count). The molecular formula is C53H34N4. The third-order valence-corrected chi connectivity index (χ3v) is 11.0. The summed E-state index contributed by atoms with van der Waals surface area (Å²) in [6.45, 7) is 0. The molecule has 0 aliphatic heterocycles. The molecule has 0 fully saturated rings. The van der Waals surface area contributed by atoms with Crippen molar-refractivity contribution in [2.24, 2.45) is 0 Å². The summed E-state index contributed by atoms with van der Waals surface area (Å²) in [5.74, 6) is 1.85. The molecule has 11 aromatic rings. The zero-order valence-corrected chi connectivity index (χ0v) is 30.9. The number of aromatic nitrogens is 4. The third-order valence-electron chi connectivity index (χ3n) is 11.0. The molecule has 0 unspecified atom stereocenters. The fourth-order valence-electron chi connectivity index (χ4n) is 8.18. The van der Waals surface area contributed by atoms with Gasteiger partial charge in [0.05, 0.1) is 16.7 Å². The van der Waals surface area contributed by atoms with Crippen LogP contribution in [0.25, 0.3) is 105 Å². The van der Waals surface area contributed by atoms with Crippen LogP contribution in [0.3, 0.4) is 0 Å². The Kier molecular flexibility index (Phi) is 7.78. The lowest BCUT2D eigenvalue weighted by Gasteiger charge is -2.16. The molecule has 9 aromatic carbocycles. The highest BCUT2D eigenvalue weighted by molar-refractivity contribution is 6.10. The number of rotatable bonds is 6. The Bertz CT molecular complexity index is 3240. The molecule has 57 heavy (non-hydrogen) atoms. The molecule has 0 amide bonds. The zero-order valence-electron chi connectivity index (χ0n) is 30.9. The molecule has 0 aliphatic carbocycles. The van der Waals surface area contributed by atoms with Crippen LogP contribution in [-0.2, 0) is 0 Å². The van der Waals surface area contributed by atoms with E-state index >= 15 is 0 Å². The maximum absolute atomic E-state index is 5.35. The minimum absolute atomic E-state index is 0.609. The summed E-state index contributed by atoms with van der Waals surface area (Å²) >= 11 is 0. The number of benzene rings is 9. The summed E-state index contributed by atoms with van der Waals surface area (Å²) < 4.78 is 2.37. The van der Waals surface area contributed by atoms with E-state index in [0.717, 1.165) is 60.7 Å². The SMILES string of the molecule is c1ccc(-c2ccc(-c3nc(-c4ccc5ccccc5c4)nc(-c4ccc5ccc(-c6ccccc6)cc5c4)n3)c(-n3c4ccccc4c4ccccc43)c2)cc1. The lowest BCUT2D eigenvalue weighted by atomic mass is 9.99. The molecule has 4 nitrogen and oxygen atoms in total. The van der Waals surface area contributed by atoms with Gasteiger partial charge in [0, 0.05) is 27.5 Å². The molecule has 0 N–H and O–H groups in total. The Labute approximate surface area is 330 Å². The van der Waals surface area contributed by atoms with E-state index in [4.69, 9.17) is 15.0 Å². The quantitative estimate of drug-likeness (QED) is 0.171. The van der Waals surface area contributed by atoms with Gasteiger partial charge in [0.25, 0.3) is 0 Å². The number of hydrogen-bond donors (Lipinski definition) is 0. The Morgan fingerprint density at radius 2 is 0.719 bits per heavy atom. The van der Waals surface area contributed by atoms with Crippen LogP contribution < -0.4 is 0 Å². The van der Waals surface area contributed by atoms with Gasteiger partial charge in [-0.3, -0.25) is 0 Å². The molecule has 266 valence electrons. The minimum atomic E-state index is 0.609. The molecule has 2 heterocycles. The van der Waals surface area contributed by atoms with Gasteiger partial charge in [0.2, 0.25) is 0 Å². The van der Waals surface area contributed by atoms with Gasteiger partial charge in [-0.1, -0.05) is 164 Å². The lowest BCUT2D eigenvalue weighted by Crippen LogP contribution is -2.04. The highest BCUT2D eigenvalue weighted by atomic mass is 15.1. The summed E-state index contributed by atoms with van der Waals surface area (Å²) in [7, 11) is 0. The molecule has 4 heteroatoms. The lowest BCUT2D eigenvalue weighted by molar-refractivity contribution is 1.07. The average Bonchev–Trinajstić information content (AvgIpc) is 3.63. The van der Waals surface area contributed by atoms with Crippen molar-refractivity contribution in [2.75, 3.05) is 0 Å². The highest BCUT2D eigenvalue weighted by Gasteiger charge is 2.20. The van der Waals surface area contributed by atoms with E-state index in [1.807, 2.05) is 0 Å². The molecular weight excluding hydrogens is 693 g/mol. The molecule has 0 saturated heterocycles. The van der Waals surface area contributed by atoms with Gasteiger partial charge in [-0.05, 0) is 86.3 Å². The van der Waals surface area contributed by atoms with Crippen molar-refractivity contribution in [1.29, 1.82) is 0 Å². The molecule has 0 atom stereocenters. The molecule has 0 spiro atoms. The van der Waals surface area contributed by atoms with E-state index in [-0.39, 0.29) is 0 Å². The summed E-state index contributed by atoms with van der Waals surface area (Å²) in [5, 5.41) is 6.99. The van der Waals surface area contributed by atoms with E-state index in [9.17, 15) is 0 Å². The van der Waals surface area contributed by atoms with Crippen molar-refractivity contribution in [1.82, 2.24) is 19.5 Å². The van der Waals surface area contributed by atoms with Crippen molar-refractivity contribution in [2.45, 2.75) is 0 Å². The normalized spacial score (nSPS) is 11.5. The van der Waals surface area contributed by atoms with E-state index in [2.05, 4.69) is 211 Å². The minimum Gasteiger partial charge on any atom is -0.308 e. The van der Waals surface area contributed by atoms with Crippen LogP contribution in [0.15, 0.2) is 206 Å². The molecule has 0 radical (unpaired) electrons. The average molecular weight is 727 g/mol. The van der Waals surface area contributed by atoms with Crippen LogP contribution in [0, 0.1) is 0 Å². The van der Waals surface area contributed by atoms with Crippen molar-refractivity contribution >= 4 is 43.4 Å². The Balaban J connectivity index is 1.17. The van der Waals surface area contributed by atoms with Crippen LogP contribution in [0.1, 0.15) is 0 Å². The number of fused-ring (bicyclic) bond motifs is 5. The summed E-state index contributed by atoms with van der Waals surface area (Å²) in [6.07, 6.45) is 0. The first-order chi connectivity index (χ1) is 28.2. The van der Waals surface area contributed by atoms with Crippen molar-refractivity contribution in [3.05, 3.63) is 206 Å². The van der Waals surface area contributed by atoms with Crippen LogP contribution in [0.5, 0.6) is 0 Å². The van der Waals surface area contributed by atoms with Crippen LogP contribution in [-0.4, -0.2) is 19.5 Å². The number of hydrogen-bond acceptors (Lipinski definition) is 3. The van der Waals surface area contributed by atoms with Gasteiger partial charge >= 0.3 is 0 Å². The first kappa shape index (κ1) is 32.7. The second kappa shape index (κ2) is 13.6.